The van der Waals surface area contributed by atoms with Crippen LogP contribution in [0.1, 0.15) is 24.1 Å². The Hall–Kier alpha value is -3.68. The molecule has 0 radical (unpaired) electrons. The van der Waals surface area contributed by atoms with Gasteiger partial charge < -0.3 is 5.32 Å². The molecular weight excluding hydrogens is 474 g/mol. The molecule has 1 N–H and O–H groups in total. The predicted molar refractivity (Wildman–Crippen MR) is 143 cm³/mol. The molecular formula is C28H23N3O2S2. The molecule has 1 atom stereocenters. The quantitative estimate of drug-likeness (QED) is 0.227. The fourth-order valence-electron chi connectivity index (χ4n) is 3.90. The van der Waals surface area contributed by atoms with Crippen molar-refractivity contribution < 1.29 is 4.79 Å². The van der Waals surface area contributed by atoms with E-state index in [0.717, 1.165) is 16.8 Å². The summed E-state index contributed by atoms with van der Waals surface area (Å²) in [6.07, 6.45) is 0. The molecule has 0 fully saturated rings. The van der Waals surface area contributed by atoms with Gasteiger partial charge in [0.05, 0.1) is 22.4 Å². The Labute approximate surface area is 211 Å². The molecule has 2 aromatic heterocycles. The monoisotopic (exact) mass is 497 g/mol. The molecule has 1 unspecified atom stereocenters. The number of fused-ring (bicyclic) bond motifs is 1. The molecule has 2 heterocycles. The zero-order valence-corrected chi connectivity index (χ0v) is 20.6. The first-order valence-electron chi connectivity index (χ1n) is 11.2. The van der Waals surface area contributed by atoms with Crippen LogP contribution in [0.2, 0.25) is 0 Å². The largest absolute Gasteiger partial charge is 0.344 e. The SMILES string of the molecule is CC(Sc1nc2sccc2c(=O)n1-c1ccccc1)C(=O)NC(c1ccccc1)c1ccccc1. The van der Waals surface area contributed by atoms with Crippen LogP contribution in [0.4, 0.5) is 0 Å². The van der Waals surface area contributed by atoms with E-state index < -0.39 is 5.25 Å². The zero-order chi connectivity index (χ0) is 24.2. The molecule has 5 nitrogen and oxygen atoms in total. The number of carbonyl (C=O) groups is 1. The molecule has 7 heteroatoms. The molecule has 1 amide bonds. The van der Waals surface area contributed by atoms with Gasteiger partial charge in [-0.15, -0.1) is 11.3 Å². The van der Waals surface area contributed by atoms with Crippen LogP contribution in [0, 0.1) is 0 Å². The second-order valence-corrected chi connectivity index (χ2v) is 10.2. The molecule has 35 heavy (non-hydrogen) atoms. The summed E-state index contributed by atoms with van der Waals surface area (Å²) >= 11 is 2.71. The van der Waals surface area contributed by atoms with Crippen LogP contribution in [0.3, 0.4) is 0 Å². The minimum atomic E-state index is -0.482. The highest BCUT2D eigenvalue weighted by Gasteiger charge is 2.24. The first-order valence-corrected chi connectivity index (χ1v) is 13.0. The van der Waals surface area contributed by atoms with Crippen LogP contribution in [-0.4, -0.2) is 20.7 Å². The Morgan fingerprint density at radius 3 is 2.06 bits per heavy atom. The zero-order valence-electron chi connectivity index (χ0n) is 19.0. The van der Waals surface area contributed by atoms with Crippen molar-refractivity contribution in [3.63, 3.8) is 0 Å². The number of para-hydroxylation sites is 1. The smallest absolute Gasteiger partial charge is 0.267 e. The molecule has 0 saturated carbocycles. The summed E-state index contributed by atoms with van der Waals surface area (Å²) in [7, 11) is 0. The fraction of sp³-hybridized carbons (Fsp3) is 0.107. The number of benzene rings is 3. The van der Waals surface area contributed by atoms with Crippen LogP contribution in [0.25, 0.3) is 15.9 Å². The minimum absolute atomic E-state index is 0.132. The van der Waals surface area contributed by atoms with Gasteiger partial charge in [0.15, 0.2) is 5.16 Å². The van der Waals surface area contributed by atoms with Gasteiger partial charge >= 0.3 is 0 Å². The highest BCUT2D eigenvalue weighted by Crippen LogP contribution is 2.28. The molecule has 0 saturated heterocycles. The standard InChI is InChI=1S/C28H23N3O2S2/c1-19(25(32)29-24(20-11-5-2-6-12-20)21-13-7-3-8-14-21)35-28-30-26-23(17-18-34-26)27(33)31(28)22-15-9-4-10-16-22/h2-19,24H,1H3,(H,29,32). The number of thiophene rings is 1. The molecule has 174 valence electrons. The van der Waals surface area contributed by atoms with Crippen molar-refractivity contribution in [2.24, 2.45) is 0 Å². The van der Waals surface area contributed by atoms with E-state index >= 15 is 0 Å². The van der Waals surface area contributed by atoms with Gasteiger partial charge in [-0.3, -0.25) is 14.2 Å². The van der Waals surface area contributed by atoms with Gasteiger partial charge in [0.2, 0.25) is 5.91 Å². The molecule has 0 aliphatic heterocycles. The van der Waals surface area contributed by atoms with Crippen molar-refractivity contribution in [2.45, 2.75) is 23.4 Å². The maximum absolute atomic E-state index is 13.4. The summed E-state index contributed by atoms with van der Waals surface area (Å²) in [5.74, 6) is -0.132. The maximum atomic E-state index is 13.4. The predicted octanol–water partition coefficient (Wildman–Crippen LogP) is 5.83. The van der Waals surface area contributed by atoms with Crippen molar-refractivity contribution >= 4 is 39.2 Å². The Bertz CT molecular complexity index is 1460. The van der Waals surface area contributed by atoms with Crippen LogP contribution in [0.15, 0.2) is 112 Å². The van der Waals surface area contributed by atoms with E-state index in [0.29, 0.717) is 15.4 Å². The summed E-state index contributed by atoms with van der Waals surface area (Å²) in [6, 6.07) is 30.8. The maximum Gasteiger partial charge on any atom is 0.267 e. The van der Waals surface area contributed by atoms with Crippen molar-refractivity contribution in [2.75, 3.05) is 0 Å². The lowest BCUT2D eigenvalue weighted by molar-refractivity contribution is -0.120. The first-order chi connectivity index (χ1) is 17.1. The van der Waals surface area contributed by atoms with Crippen molar-refractivity contribution in [3.8, 4) is 5.69 Å². The first kappa shape index (κ1) is 23.1. The number of aromatic nitrogens is 2. The lowest BCUT2D eigenvalue weighted by Crippen LogP contribution is -2.35. The van der Waals surface area contributed by atoms with E-state index in [1.54, 1.807) is 10.6 Å². The summed E-state index contributed by atoms with van der Waals surface area (Å²) < 4.78 is 1.59. The van der Waals surface area contributed by atoms with Crippen molar-refractivity contribution in [1.82, 2.24) is 14.9 Å². The minimum Gasteiger partial charge on any atom is -0.344 e. The van der Waals surface area contributed by atoms with E-state index in [2.05, 4.69) is 5.32 Å². The van der Waals surface area contributed by atoms with Crippen molar-refractivity contribution in [3.05, 3.63) is 124 Å². The van der Waals surface area contributed by atoms with Crippen LogP contribution < -0.4 is 10.9 Å². The highest BCUT2D eigenvalue weighted by molar-refractivity contribution is 8.00. The number of amides is 1. The van der Waals surface area contributed by atoms with E-state index in [-0.39, 0.29) is 17.5 Å². The second-order valence-electron chi connectivity index (χ2n) is 8.03. The lowest BCUT2D eigenvalue weighted by atomic mass is 9.98. The van der Waals surface area contributed by atoms with Gasteiger partial charge in [-0.2, -0.15) is 0 Å². The number of rotatable bonds is 7. The molecule has 0 bridgehead atoms. The molecule has 5 aromatic rings. The van der Waals surface area contributed by atoms with Gasteiger partial charge in [-0.25, -0.2) is 4.98 Å². The Balaban J connectivity index is 1.46. The molecule has 0 spiro atoms. The van der Waals surface area contributed by atoms with Gasteiger partial charge in [-0.05, 0) is 41.6 Å². The van der Waals surface area contributed by atoms with Gasteiger partial charge in [0, 0.05) is 0 Å². The van der Waals surface area contributed by atoms with E-state index in [1.807, 2.05) is 103 Å². The second kappa shape index (κ2) is 10.3. The summed E-state index contributed by atoms with van der Waals surface area (Å²) in [5.41, 5.74) is 2.59. The van der Waals surface area contributed by atoms with Crippen LogP contribution in [-0.2, 0) is 4.79 Å². The van der Waals surface area contributed by atoms with Crippen LogP contribution in [0.5, 0.6) is 0 Å². The molecule has 3 aromatic carbocycles. The Kier molecular flexibility index (Phi) is 6.79. The fourth-order valence-corrected chi connectivity index (χ4v) is 5.64. The lowest BCUT2D eigenvalue weighted by Gasteiger charge is -2.22. The van der Waals surface area contributed by atoms with Gasteiger partial charge in [0.25, 0.3) is 5.56 Å². The van der Waals surface area contributed by atoms with E-state index in [1.165, 1.54) is 23.1 Å². The number of nitrogens with zero attached hydrogens (tertiary/aromatic N) is 2. The average molecular weight is 498 g/mol. The van der Waals surface area contributed by atoms with E-state index in [4.69, 9.17) is 4.98 Å². The van der Waals surface area contributed by atoms with Gasteiger partial charge in [-0.1, -0.05) is 90.6 Å². The third kappa shape index (κ3) is 4.92. The number of hydrogen-bond acceptors (Lipinski definition) is 5. The molecule has 0 aliphatic rings. The highest BCUT2D eigenvalue weighted by atomic mass is 32.2. The van der Waals surface area contributed by atoms with E-state index in [9.17, 15) is 9.59 Å². The number of thioether (sulfide) groups is 1. The van der Waals surface area contributed by atoms with Crippen LogP contribution >= 0.6 is 23.1 Å². The number of hydrogen-bond donors (Lipinski definition) is 1. The third-order valence-corrected chi connectivity index (χ3v) is 7.54. The van der Waals surface area contributed by atoms with Crippen molar-refractivity contribution in [1.29, 1.82) is 0 Å². The summed E-state index contributed by atoms with van der Waals surface area (Å²) in [4.78, 5) is 32.2. The summed E-state index contributed by atoms with van der Waals surface area (Å²) in [6.45, 7) is 1.84. The van der Waals surface area contributed by atoms with Gasteiger partial charge in [0.1, 0.15) is 4.83 Å². The summed E-state index contributed by atoms with van der Waals surface area (Å²) in [5, 5.41) is 5.66. The third-order valence-electron chi connectivity index (χ3n) is 5.68. The number of nitrogens with one attached hydrogen (secondary N) is 1. The number of carbonyl (C=O) groups excluding carboxylic acids is 1. The normalized spacial score (nSPS) is 12.1. The topological polar surface area (TPSA) is 64.0 Å². The Morgan fingerprint density at radius 1 is 0.886 bits per heavy atom. The Morgan fingerprint density at radius 2 is 1.46 bits per heavy atom. The molecule has 5 rings (SSSR count). The average Bonchev–Trinajstić information content (AvgIpc) is 3.38. The molecule has 0 aliphatic carbocycles.